The van der Waals surface area contributed by atoms with Crippen molar-refractivity contribution in [2.24, 2.45) is 0 Å². The Hall–Kier alpha value is -3.34. The van der Waals surface area contributed by atoms with Crippen LogP contribution in [0.5, 0.6) is 0 Å². The third kappa shape index (κ3) is 5.66. The fraction of sp³-hybridized carbons (Fsp3) is 0.500. The molecular weight excluding hydrogens is 492 g/mol. The summed E-state index contributed by atoms with van der Waals surface area (Å²) in [5, 5.41) is 4.46. The minimum absolute atomic E-state index is 0.0634. The zero-order valence-electron chi connectivity index (χ0n) is 21.6. The lowest BCUT2D eigenvalue weighted by molar-refractivity contribution is 0.0240. The lowest BCUT2D eigenvalue weighted by Gasteiger charge is -2.36. The number of hydrogen-bond acceptors (Lipinski definition) is 8. The van der Waals surface area contributed by atoms with Gasteiger partial charge < -0.3 is 19.9 Å². The zero-order valence-corrected chi connectivity index (χ0v) is 22.4. The molecule has 2 fully saturated rings. The number of rotatable bonds is 4. The molecule has 1 saturated heterocycles. The summed E-state index contributed by atoms with van der Waals surface area (Å²) < 4.78 is 32.6. The first kappa shape index (κ1) is 25.3. The fourth-order valence-corrected chi connectivity index (χ4v) is 6.42. The van der Waals surface area contributed by atoms with Crippen LogP contribution in [0.2, 0.25) is 0 Å². The number of fused-ring (bicyclic) bond motifs is 1. The SMILES string of the molecule is CC(C)(C)OC(=O)N1CCN(c2ccc(Nc3ncc4c(n3)N(C3CCCC3)S(=O)(=O)C=C4)cc2)CC1. The number of amides is 1. The number of sulfonamides is 1. The number of carbonyl (C=O) groups is 1. The van der Waals surface area contributed by atoms with E-state index >= 15 is 0 Å². The summed E-state index contributed by atoms with van der Waals surface area (Å²) >= 11 is 0. The maximum atomic E-state index is 12.8. The van der Waals surface area contributed by atoms with Crippen molar-refractivity contribution in [1.29, 1.82) is 0 Å². The van der Waals surface area contributed by atoms with Crippen molar-refractivity contribution in [3.63, 3.8) is 0 Å². The van der Waals surface area contributed by atoms with Gasteiger partial charge in [-0.2, -0.15) is 4.98 Å². The highest BCUT2D eigenvalue weighted by atomic mass is 32.2. The van der Waals surface area contributed by atoms with Crippen LogP contribution in [0.15, 0.2) is 35.9 Å². The Morgan fingerprint density at radius 1 is 1.05 bits per heavy atom. The third-order valence-electron chi connectivity index (χ3n) is 6.77. The Bertz CT molecular complexity index is 1280. The Morgan fingerprint density at radius 2 is 1.73 bits per heavy atom. The van der Waals surface area contributed by atoms with Crippen molar-refractivity contribution in [3.05, 3.63) is 41.4 Å². The molecular formula is C26H34N6O4S. The van der Waals surface area contributed by atoms with Crippen LogP contribution in [0.3, 0.4) is 0 Å². The minimum Gasteiger partial charge on any atom is -0.444 e. The van der Waals surface area contributed by atoms with Gasteiger partial charge in [-0.05, 0) is 64.0 Å². The molecule has 3 aliphatic rings. The molecule has 1 N–H and O–H groups in total. The van der Waals surface area contributed by atoms with Gasteiger partial charge >= 0.3 is 6.09 Å². The highest BCUT2D eigenvalue weighted by molar-refractivity contribution is 7.95. The summed E-state index contributed by atoms with van der Waals surface area (Å²) in [5.74, 6) is 0.789. The fourth-order valence-electron chi connectivity index (χ4n) is 4.96. The Labute approximate surface area is 218 Å². The van der Waals surface area contributed by atoms with E-state index < -0.39 is 15.6 Å². The van der Waals surface area contributed by atoms with Crippen LogP contribution < -0.4 is 14.5 Å². The molecule has 0 atom stereocenters. The summed E-state index contributed by atoms with van der Waals surface area (Å²) in [6, 6.07) is 7.86. The first-order valence-electron chi connectivity index (χ1n) is 12.8. The predicted octanol–water partition coefficient (Wildman–Crippen LogP) is 4.34. The lowest BCUT2D eigenvalue weighted by atomic mass is 10.2. The quantitative estimate of drug-likeness (QED) is 0.627. The van der Waals surface area contributed by atoms with Gasteiger partial charge in [-0.1, -0.05) is 12.8 Å². The van der Waals surface area contributed by atoms with Gasteiger partial charge in [0.25, 0.3) is 10.0 Å². The second kappa shape index (κ2) is 9.85. The Balaban J connectivity index is 1.24. The highest BCUT2D eigenvalue weighted by Gasteiger charge is 2.35. The second-order valence-electron chi connectivity index (χ2n) is 10.7. The molecule has 3 heterocycles. The van der Waals surface area contributed by atoms with Crippen LogP contribution in [0.25, 0.3) is 6.08 Å². The van der Waals surface area contributed by atoms with Gasteiger partial charge in [-0.25, -0.2) is 22.5 Å². The molecule has 0 spiro atoms. The first-order chi connectivity index (χ1) is 17.6. The molecule has 5 rings (SSSR count). The van der Waals surface area contributed by atoms with Crippen molar-refractivity contribution in [1.82, 2.24) is 14.9 Å². The van der Waals surface area contributed by atoms with E-state index in [2.05, 4.69) is 20.2 Å². The Morgan fingerprint density at radius 3 is 2.38 bits per heavy atom. The molecule has 0 bridgehead atoms. The molecule has 1 saturated carbocycles. The topological polar surface area (TPSA) is 108 Å². The Kier molecular flexibility index (Phi) is 6.74. The number of anilines is 4. The first-order valence-corrected chi connectivity index (χ1v) is 14.3. The summed E-state index contributed by atoms with van der Waals surface area (Å²) in [5.41, 5.74) is 2.06. The number of hydrogen-bond donors (Lipinski definition) is 1. The van der Waals surface area contributed by atoms with Crippen LogP contribution >= 0.6 is 0 Å². The zero-order chi connectivity index (χ0) is 26.2. The molecule has 0 unspecified atom stereocenters. The molecule has 10 nitrogen and oxygen atoms in total. The van der Waals surface area contributed by atoms with Gasteiger partial charge in [-0.3, -0.25) is 0 Å². The van der Waals surface area contributed by atoms with E-state index in [9.17, 15) is 13.2 Å². The average molecular weight is 527 g/mol. The summed E-state index contributed by atoms with van der Waals surface area (Å²) in [6.45, 7) is 8.26. The third-order valence-corrected chi connectivity index (χ3v) is 8.27. The highest BCUT2D eigenvalue weighted by Crippen LogP contribution is 2.36. The lowest BCUT2D eigenvalue weighted by Crippen LogP contribution is -2.50. The van der Waals surface area contributed by atoms with E-state index in [1.807, 2.05) is 45.0 Å². The number of carbonyl (C=O) groups excluding carboxylic acids is 1. The molecule has 0 radical (unpaired) electrons. The van der Waals surface area contributed by atoms with Crippen LogP contribution in [0.4, 0.5) is 27.9 Å². The smallest absolute Gasteiger partial charge is 0.410 e. The summed E-state index contributed by atoms with van der Waals surface area (Å²) in [7, 11) is -3.55. The largest absolute Gasteiger partial charge is 0.444 e. The van der Waals surface area contributed by atoms with Crippen molar-refractivity contribution < 1.29 is 17.9 Å². The molecule has 1 amide bonds. The molecule has 2 aliphatic heterocycles. The van der Waals surface area contributed by atoms with E-state index in [1.54, 1.807) is 17.2 Å². The van der Waals surface area contributed by atoms with Crippen molar-refractivity contribution in [3.8, 4) is 0 Å². The molecule has 2 aromatic rings. The second-order valence-corrected chi connectivity index (χ2v) is 12.4. The van der Waals surface area contributed by atoms with E-state index in [0.717, 1.165) is 50.1 Å². The molecule has 11 heteroatoms. The maximum absolute atomic E-state index is 12.8. The van der Waals surface area contributed by atoms with Gasteiger partial charge in [0.05, 0.1) is 5.41 Å². The van der Waals surface area contributed by atoms with Crippen molar-refractivity contribution in [2.75, 3.05) is 40.7 Å². The number of benzene rings is 1. The molecule has 1 aliphatic carbocycles. The summed E-state index contributed by atoms with van der Waals surface area (Å²) in [6.07, 6.45) is 6.68. The number of nitrogens with zero attached hydrogens (tertiary/aromatic N) is 5. The van der Waals surface area contributed by atoms with Gasteiger partial charge in [0.2, 0.25) is 5.95 Å². The minimum atomic E-state index is -3.55. The van der Waals surface area contributed by atoms with E-state index in [4.69, 9.17) is 4.74 Å². The van der Waals surface area contributed by atoms with Crippen LogP contribution in [-0.2, 0) is 14.8 Å². The standard InChI is InChI=1S/C26H34N6O4S/c1-26(2,3)36-25(33)31-15-13-30(14-16-31)21-10-8-20(9-11-21)28-24-27-18-19-12-17-37(34,35)32(23(19)29-24)22-6-4-5-7-22/h8-12,17-18,22H,4-7,13-16H2,1-3H3,(H,27,28,29). The molecule has 1 aromatic carbocycles. The number of nitrogens with one attached hydrogen (secondary N) is 1. The monoisotopic (exact) mass is 526 g/mol. The number of aromatic nitrogens is 2. The normalized spacial score (nSPS) is 19.6. The van der Waals surface area contributed by atoms with Crippen molar-refractivity contribution in [2.45, 2.75) is 58.1 Å². The number of piperazine rings is 1. The van der Waals surface area contributed by atoms with Crippen LogP contribution in [-0.4, -0.2) is 67.2 Å². The van der Waals surface area contributed by atoms with Crippen molar-refractivity contribution >= 4 is 45.3 Å². The average Bonchev–Trinajstić information content (AvgIpc) is 3.37. The molecule has 37 heavy (non-hydrogen) atoms. The predicted molar refractivity (Wildman–Crippen MR) is 144 cm³/mol. The van der Waals surface area contributed by atoms with E-state index in [0.29, 0.717) is 30.4 Å². The summed E-state index contributed by atoms with van der Waals surface area (Å²) in [4.78, 5) is 25.3. The van der Waals surface area contributed by atoms with Gasteiger partial charge in [0, 0.05) is 55.4 Å². The van der Waals surface area contributed by atoms with Crippen LogP contribution in [0.1, 0.15) is 52.0 Å². The molecule has 1 aromatic heterocycles. The van der Waals surface area contributed by atoms with E-state index in [1.165, 1.54) is 9.71 Å². The van der Waals surface area contributed by atoms with Crippen LogP contribution in [0, 0.1) is 0 Å². The van der Waals surface area contributed by atoms with Gasteiger partial charge in [-0.15, -0.1) is 0 Å². The maximum Gasteiger partial charge on any atom is 0.410 e. The van der Waals surface area contributed by atoms with Gasteiger partial charge in [0.1, 0.15) is 5.60 Å². The molecule has 198 valence electrons. The number of ether oxygens (including phenoxy) is 1. The van der Waals surface area contributed by atoms with E-state index in [-0.39, 0.29) is 12.1 Å². The van der Waals surface area contributed by atoms with Gasteiger partial charge in [0.15, 0.2) is 5.82 Å².